The minimum atomic E-state index is -0.0169. The first kappa shape index (κ1) is 18.0. The molecule has 0 radical (unpaired) electrons. The monoisotopic (exact) mass is 318 g/mol. The Labute approximate surface area is 135 Å². The molecule has 0 aliphatic carbocycles. The molecule has 1 aromatic heterocycles. The fourth-order valence-corrected chi connectivity index (χ4v) is 1.72. The number of rotatable bonds is 6. The number of ether oxygens (including phenoxy) is 1. The molecule has 1 heterocycles. The predicted octanol–water partition coefficient (Wildman–Crippen LogP) is 3.66. The van der Waals surface area contributed by atoms with Crippen LogP contribution >= 0.6 is 11.6 Å². The summed E-state index contributed by atoms with van der Waals surface area (Å²) in [6.07, 6.45) is 6.74. The average Bonchev–Trinajstić information content (AvgIpc) is 2.57. The highest BCUT2D eigenvalue weighted by Gasteiger charge is 2.06. The second-order valence-corrected chi connectivity index (χ2v) is 4.57. The molecule has 2 rings (SSSR count). The highest BCUT2D eigenvalue weighted by atomic mass is 35.5. The fraction of sp³-hybridized carbons (Fsp3) is 0.176. The van der Waals surface area contributed by atoms with Crippen LogP contribution in [0.25, 0.3) is 11.4 Å². The van der Waals surface area contributed by atoms with Gasteiger partial charge >= 0.3 is 0 Å². The first-order chi connectivity index (χ1) is 10.7. The van der Waals surface area contributed by atoms with E-state index in [9.17, 15) is 0 Å². The van der Waals surface area contributed by atoms with Crippen molar-refractivity contribution in [2.24, 2.45) is 0 Å². The first-order valence-electron chi connectivity index (χ1n) is 6.69. The third kappa shape index (κ3) is 6.18. The van der Waals surface area contributed by atoms with E-state index in [0.717, 1.165) is 11.1 Å². The standard InChI is InChI=1S/C11H9ClN2O.C6H10O/c12-10-3-2-8(7-15)6-9(10)11-13-4-1-5-14-11;1-3-5-7-6-4-2/h1-6,15H,7H2;3-4H,1-2,5-6H2. The van der Waals surface area contributed by atoms with Crippen LogP contribution in [-0.2, 0) is 11.3 Å². The van der Waals surface area contributed by atoms with Crippen LogP contribution in [-0.4, -0.2) is 28.3 Å². The van der Waals surface area contributed by atoms with E-state index in [4.69, 9.17) is 21.4 Å². The molecule has 0 aliphatic rings. The van der Waals surface area contributed by atoms with Crippen molar-refractivity contribution in [3.63, 3.8) is 0 Å². The van der Waals surface area contributed by atoms with E-state index in [1.807, 2.05) is 0 Å². The van der Waals surface area contributed by atoms with Gasteiger partial charge in [-0.25, -0.2) is 9.97 Å². The highest BCUT2D eigenvalue weighted by molar-refractivity contribution is 6.33. The van der Waals surface area contributed by atoms with Gasteiger partial charge in [-0.3, -0.25) is 0 Å². The van der Waals surface area contributed by atoms with Crippen LogP contribution in [0, 0.1) is 0 Å². The second-order valence-electron chi connectivity index (χ2n) is 4.16. The molecule has 0 fully saturated rings. The van der Waals surface area contributed by atoms with E-state index in [1.165, 1.54) is 0 Å². The Kier molecular flexibility index (Phi) is 8.76. The van der Waals surface area contributed by atoms with Gasteiger partial charge in [-0.15, -0.1) is 13.2 Å². The van der Waals surface area contributed by atoms with E-state index < -0.39 is 0 Å². The maximum atomic E-state index is 9.02. The molecule has 1 N–H and O–H groups in total. The molecule has 5 heteroatoms. The van der Waals surface area contributed by atoms with Gasteiger partial charge in [0, 0.05) is 18.0 Å². The largest absolute Gasteiger partial charge is 0.392 e. The third-order valence-corrected chi connectivity index (χ3v) is 2.82. The van der Waals surface area contributed by atoms with Crippen LogP contribution < -0.4 is 0 Å². The highest BCUT2D eigenvalue weighted by Crippen LogP contribution is 2.25. The minimum Gasteiger partial charge on any atom is -0.392 e. The molecular weight excluding hydrogens is 300 g/mol. The summed E-state index contributed by atoms with van der Waals surface area (Å²) in [6, 6.07) is 7.04. The van der Waals surface area contributed by atoms with Gasteiger partial charge in [-0.1, -0.05) is 29.8 Å². The van der Waals surface area contributed by atoms with Gasteiger partial charge in [0.05, 0.1) is 24.8 Å². The molecule has 4 nitrogen and oxygen atoms in total. The molecule has 0 saturated heterocycles. The Bertz CT molecular complexity index is 580. The zero-order chi connectivity index (χ0) is 16.2. The van der Waals surface area contributed by atoms with Crippen molar-refractivity contribution in [2.45, 2.75) is 6.61 Å². The molecule has 22 heavy (non-hydrogen) atoms. The van der Waals surface area contributed by atoms with Gasteiger partial charge in [0.2, 0.25) is 0 Å². The van der Waals surface area contributed by atoms with E-state index in [1.54, 1.807) is 48.8 Å². The van der Waals surface area contributed by atoms with Crippen LogP contribution in [0.3, 0.4) is 0 Å². The molecule has 2 aromatic rings. The number of hydrogen-bond acceptors (Lipinski definition) is 4. The predicted molar refractivity (Wildman–Crippen MR) is 89.6 cm³/mol. The third-order valence-electron chi connectivity index (χ3n) is 2.49. The number of nitrogens with zero attached hydrogens (tertiary/aromatic N) is 2. The van der Waals surface area contributed by atoms with Gasteiger partial charge < -0.3 is 9.84 Å². The zero-order valence-corrected chi connectivity index (χ0v) is 13.0. The van der Waals surface area contributed by atoms with Gasteiger partial charge in [0.15, 0.2) is 5.82 Å². The number of aromatic nitrogens is 2. The smallest absolute Gasteiger partial charge is 0.160 e. The van der Waals surface area contributed by atoms with Crippen molar-refractivity contribution in [1.29, 1.82) is 0 Å². The topological polar surface area (TPSA) is 55.2 Å². The maximum absolute atomic E-state index is 9.02. The average molecular weight is 319 g/mol. The summed E-state index contributed by atoms with van der Waals surface area (Å²) >= 11 is 6.03. The Balaban J connectivity index is 0.000000295. The van der Waals surface area contributed by atoms with Crippen molar-refractivity contribution >= 4 is 11.6 Å². The van der Waals surface area contributed by atoms with E-state index in [0.29, 0.717) is 24.1 Å². The normalized spacial score (nSPS) is 9.55. The lowest BCUT2D eigenvalue weighted by molar-refractivity contribution is 0.194. The lowest BCUT2D eigenvalue weighted by Crippen LogP contribution is -1.90. The SMILES string of the molecule is C=CCOCC=C.OCc1ccc(Cl)c(-c2ncccn2)c1. The molecular formula is C17H19ClN2O2. The van der Waals surface area contributed by atoms with Crippen LogP contribution in [0.1, 0.15) is 5.56 Å². The number of aliphatic hydroxyl groups is 1. The Morgan fingerprint density at radius 1 is 1.14 bits per heavy atom. The molecule has 1 aromatic carbocycles. The summed E-state index contributed by atoms with van der Waals surface area (Å²) in [7, 11) is 0. The van der Waals surface area contributed by atoms with Crippen molar-refractivity contribution in [2.75, 3.05) is 13.2 Å². The zero-order valence-electron chi connectivity index (χ0n) is 12.3. The lowest BCUT2D eigenvalue weighted by atomic mass is 10.1. The molecule has 0 bridgehead atoms. The molecule has 0 aliphatic heterocycles. The van der Waals surface area contributed by atoms with E-state index in [-0.39, 0.29) is 6.61 Å². The first-order valence-corrected chi connectivity index (χ1v) is 7.07. The maximum Gasteiger partial charge on any atom is 0.160 e. The second kappa shape index (κ2) is 10.7. The minimum absolute atomic E-state index is 0.0169. The molecule has 0 unspecified atom stereocenters. The Hall–Kier alpha value is -2.01. The van der Waals surface area contributed by atoms with Crippen molar-refractivity contribution in [3.8, 4) is 11.4 Å². The Morgan fingerprint density at radius 2 is 1.77 bits per heavy atom. The van der Waals surface area contributed by atoms with E-state index >= 15 is 0 Å². The summed E-state index contributed by atoms with van der Waals surface area (Å²) in [5.41, 5.74) is 1.53. The number of aliphatic hydroxyl groups excluding tert-OH is 1. The van der Waals surface area contributed by atoms with Crippen molar-refractivity contribution in [1.82, 2.24) is 9.97 Å². The van der Waals surface area contributed by atoms with Gasteiger partial charge in [0.25, 0.3) is 0 Å². The Morgan fingerprint density at radius 3 is 2.32 bits per heavy atom. The van der Waals surface area contributed by atoms with Crippen LogP contribution in [0.5, 0.6) is 0 Å². The molecule has 0 atom stereocenters. The summed E-state index contributed by atoms with van der Waals surface area (Å²) in [4.78, 5) is 8.22. The summed E-state index contributed by atoms with van der Waals surface area (Å²) < 4.78 is 4.90. The lowest BCUT2D eigenvalue weighted by Gasteiger charge is -2.04. The number of halogens is 1. The van der Waals surface area contributed by atoms with Crippen LogP contribution in [0.15, 0.2) is 62.0 Å². The molecule has 0 spiro atoms. The van der Waals surface area contributed by atoms with Gasteiger partial charge in [-0.05, 0) is 23.8 Å². The number of benzene rings is 1. The quantitative estimate of drug-likeness (QED) is 0.652. The van der Waals surface area contributed by atoms with Crippen LogP contribution in [0.2, 0.25) is 5.02 Å². The summed E-state index contributed by atoms with van der Waals surface area (Å²) in [5.74, 6) is 0.567. The molecule has 116 valence electrons. The van der Waals surface area contributed by atoms with E-state index in [2.05, 4.69) is 23.1 Å². The molecule has 0 saturated carbocycles. The summed E-state index contributed by atoms with van der Waals surface area (Å²) in [5, 5.41) is 9.60. The molecule has 0 amide bonds. The fourth-order valence-electron chi connectivity index (χ4n) is 1.52. The van der Waals surface area contributed by atoms with Gasteiger partial charge in [-0.2, -0.15) is 0 Å². The van der Waals surface area contributed by atoms with Crippen molar-refractivity contribution in [3.05, 3.63) is 72.6 Å². The summed E-state index contributed by atoms with van der Waals surface area (Å²) in [6.45, 7) is 8.16. The van der Waals surface area contributed by atoms with Crippen LogP contribution in [0.4, 0.5) is 0 Å². The van der Waals surface area contributed by atoms with Gasteiger partial charge in [0.1, 0.15) is 0 Å². The van der Waals surface area contributed by atoms with Crippen molar-refractivity contribution < 1.29 is 9.84 Å². The number of hydrogen-bond donors (Lipinski definition) is 1.